The Morgan fingerprint density at radius 1 is 1.31 bits per heavy atom. The van der Waals surface area contributed by atoms with Crippen molar-refractivity contribution >= 4 is 11.8 Å². The number of aromatic nitrogens is 3. The van der Waals surface area contributed by atoms with Gasteiger partial charge in [0.1, 0.15) is 17.1 Å². The van der Waals surface area contributed by atoms with Gasteiger partial charge >= 0.3 is 0 Å². The van der Waals surface area contributed by atoms with Crippen molar-refractivity contribution in [1.82, 2.24) is 25.9 Å². The third-order valence-corrected chi connectivity index (χ3v) is 4.58. The lowest BCUT2D eigenvalue weighted by Crippen LogP contribution is -2.49. The topological polar surface area (TPSA) is 130 Å². The largest absolute Gasteiger partial charge is 0.391 e. The first-order valence-corrected chi connectivity index (χ1v) is 8.50. The summed E-state index contributed by atoms with van der Waals surface area (Å²) in [5.74, 6) is -0.791. The number of nitrogens with zero attached hydrogens (tertiary/aromatic N) is 3. The number of nitrogens with one attached hydrogen (secondary N) is 2. The fourth-order valence-corrected chi connectivity index (χ4v) is 3.02. The number of hydrogen-bond acceptors (Lipinski definition) is 7. The molecule has 2 heterocycles. The number of pyridine rings is 1. The molecule has 138 valence electrons. The molecule has 0 saturated heterocycles. The minimum Gasteiger partial charge on any atom is -0.391 e. The van der Waals surface area contributed by atoms with Gasteiger partial charge in [0.05, 0.1) is 18.7 Å². The summed E-state index contributed by atoms with van der Waals surface area (Å²) in [6, 6.07) is 4.68. The molecule has 9 nitrogen and oxygen atoms in total. The Kier molecular flexibility index (Phi) is 5.57. The van der Waals surface area contributed by atoms with Crippen LogP contribution in [0.2, 0.25) is 0 Å². The van der Waals surface area contributed by atoms with Crippen LogP contribution < -0.4 is 10.6 Å². The summed E-state index contributed by atoms with van der Waals surface area (Å²) < 4.78 is 4.59. The molecule has 3 N–H and O–H groups in total. The lowest BCUT2D eigenvalue weighted by molar-refractivity contribution is -0.127. The number of rotatable bonds is 5. The van der Waals surface area contributed by atoms with E-state index in [-0.39, 0.29) is 30.7 Å². The van der Waals surface area contributed by atoms with Crippen molar-refractivity contribution in [2.45, 2.75) is 44.9 Å². The predicted molar refractivity (Wildman–Crippen MR) is 89.7 cm³/mol. The van der Waals surface area contributed by atoms with Crippen LogP contribution >= 0.6 is 0 Å². The number of amides is 2. The van der Waals surface area contributed by atoms with Crippen LogP contribution in [0.3, 0.4) is 0 Å². The summed E-state index contributed by atoms with van der Waals surface area (Å²) in [5, 5.41) is 23.3. The van der Waals surface area contributed by atoms with Crippen LogP contribution in [0.15, 0.2) is 29.0 Å². The molecular formula is C17H21N5O4. The normalized spacial score (nSPS) is 22.6. The Hall–Kier alpha value is -2.81. The van der Waals surface area contributed by atoms with E-state index in [1.54, 1.807) is 31.3 Å². The standard InChI is InChI=1S/C17H21N5O4/c1-10-14(22-26-21-10)9-19-16(24)11-5-6-12(15(23)8-11)20-17(25)13-4-2-3-7-18-13/h2-4,7,11-12,15,23H,5-6,8-9H2,1H3,(H,19,24)(H,20,25)/t11-,12-,15-/m0/s1. The molecule has 1 aliphatic rings. The number of carbonyl (C=O) groups is 2. The smallest absolute Gasteiger partial charge is 0.270 e. The summed E-state index contributed by atoms with van der Waals surface area (Å²) in [6.45, 7) is 1.98. The monoisotopic (exact) mass is 359 g/mol. The summed E-state index contributed by atoms with van der Waals surface area (Å²) in [5.41, 5.74) is 1.51. The van der Waals surface area contributed by atoms with E-state index in [9.17, 15) is 14.7 Å². The summed E-state index contributed by atoms with van der Waals surface area (Å²) in [6.07, 6.45) is 2.13. The highest BCUT2D eigenvalue weighted by Crippen LogP contribution is 2.25. The Morgan fingerprint density at radius 3 is 2.81 bits per heavy atom. The maximum absolute atomic E-state index is 12.3. The fraction of sp³-hybridized carbons (Fsp3) is 0.471. The highest BCUT2D eigenvalue weighted by Gasteiger charge is 2.33. The first-order valence-electron chi connectivity index (χ1n) is 8.50. The summed E-state index contributed by atoms with van der Waals surface area (Å²) in [4.78, 5) is 28.4. The van der Waals surface area contributed by atoms with Gasteiger partial charge in [-0.1, -0.05) is 16.4 Å². The van der Waals surface area contributed by atoms with Crippen molar-refractivity contribution < 1.29 is 19.3 Å². The Balaban J connectivity index is 1.49. The number of carbonyl (C=O) groups excluding carboxylic acids is 2. The lowest BCUT2D eigenvalue weighted by atomic mass is 9.83. The van der Waals surface area contributed by atoms with Crippen LogP contribution in [-0.2, 0) is 11.3 Å². The first kappa shape index (κ1) is 18.0. The average Bonchev–Trinajstić information content (AvgIpc) is 3.07. The summed E-state index contributed by atoms with van der Waals surface area (Å²) >= 11 is 0. The molecule has 2 amide bonds. The SMILES string of the molecule is Cc1nonc1CNC(=O)[C@H]1CC[C@H](NC(=O)c2ccccn2)[C@@H](O)C1. The van der Waals surface area contributed by atoms with E-state index in [0.29, 0.717) is 29.9 Å². The van der Waals surface area contributed by atoms with Crippen LogP contribution in [-0.4, -0.2) is 44.4 Å². The molecule has 0 radical (unpaired) electrons. The van der Waals surface area contributed by atoms with E-state index >= 15 is 0 Å². The number of aryl methyl sites for hydroxylation is 1. The van der Waals surface area contributed by atoms with E-state index in [4.69, 9.17) is 0 Å². The van der Waals surface area contributed by atoms with Crippen molar-refractivity contribution in [3.05, 3.63) is 41.5 Å². The third-order valence-electron chi connectivity index (χ3n) is 4.58. The molecule has 0 unspecified atom stereocenters. The molecule has 0 spiro atoms. The first-order chi connectivity index (χ1) is 12.5. The van der Waals surface area contributed by atoms with Crippen molar-refractivity contribution in [3.8, 4) is 0 Å². The molecule has 1 aliphatic carbocycles. The zero-order valence-corrected chi connectivity index (χ0v) is 14.4. The van der Waals surface area contributed by atoms with Gasteiger partial charge in [0.15, 0.2) is 0 Å². The molecule has 3 atom stereocenters. The molecule has 1 saturated carbocycles. The van der Waals surface area contributed by atoms with Gasteiger partial charge < -0.3 is 15.7 Å². The molecule has 1 fully saturated rings. The van der Waals surface area contributed by atoms with Crippen LogP contribution in [0.25, 0.3) is 0 Å². The second-order valence-electron chi connectivity index (χ2n) is 6.39. The van der Waals surface area contributed by atoms with Gasteiger partial charge in [0.2, 0.25) is 5.91 Å². The molecule has 0 aliphatic heterocycles. The molecule has 26 heavy (non-hydrogen) atoms. The Morgan fingerprint density at radius 2 is 2.15 bits per heavy atom. The van der Waals surface area contributed by atoms with E-state index in [1.165, 1.54) is 0 Å². The van der Waals surface area contributed by atoms with Gasteiger partial charge in [-0.05, 0) is 38.3 Å². The van der Waals surface area contributed by atoms with Crippen molar-refractivity contribution in [3.63, 3.8) is 0 Å². The zero-order chi connectivity index (χ0) is 18.5. The Labute approximate surface area is 150 Å². The van der Waals surface area contributed by atoms with Crippen molar-refractivity contribution in [2.75, 3.05) is 0 Å². The summed E-state index contributed by atoms with van der Waals surface area (Å²) in [7, 11) is 0. The fourth-order valence-electron chi connectivity index (χ4n) is 3.02. The van der Waals surface area contributed by atoms with Crippen LogP contribution in [0.5, 0.6) is 0 Å². The highest BCUT2D eigenvalue weighted by molar-refractivity contribution is 5.92. The van der Waals surface area contributed by atoms with E-state index in [1.807, 2.05) is 0 Å². The molecular weight excluding hydrogens is 338 g/mol. The molecule has 3 rings (SSSR count). The van der Waals surface area contributed by atoms with E-state index in [2.05, 4.69) is 30.6 Å². The molecule has 0 bridgehead atoms. The van der Waals surface area contributed by atoms with Gasteiger partial charge in [-0.3, -0.25) is 14.6 Å². The van der Waals surface area contributed by atoms with Gasteiger partial charge in [-0.2, -0.15) is 0 Å². The maximum Gasteiger partial charge on any atom is 0.270 e. The van der Waals surface area contributed by atoms with Crippen molar-refractivity contribution in [1.29, 1.82) is 0 Å². The Bertz CT molecular complexity index is 764. The molecule has 2 aromatic heterocycles. The second-order valence-corrected chi connectivity index (χ2v) is 6.39. The number of aliphatic hydroxyl groups excluding tert-OH is 1. The zero-order valence-electron chi connectivity index (χ0n) is 14.4. The molecule has 0 aromatic carbocycles. The van der Waals surface area contributed by atoms with E-state index in [0.717, 1.165) is 0 Å². The molecule has 2 aromatic rings. The second kappa shape index (κ2) is 8.05. The van der Waals surface area contributed by atoms with Gasteiger partial charge in [-0.15, -0.1) is 0 Å². The third kappa shape index (κ3) is 4.23. The highest BCUT2D eigenvalue weighted by atomic mass is 16.6. The molecule has 9 heteroatoms. The van der Waals surface area contributed by atoms with Crippen molar-refractivity contribution in [2.24, 2.45) is 5.92 Å². The minimum atomic E-state index is -0.789. The van der Waals surface area contributed by atoms with Crippen LogP contribution in [0.4, 0.5) is 0 Å². The number of hydrogen-bond donors (Lipinski definition) is 3. The van der Waals surface area contributed by atoms with Crippen LogP contribution in [0, 0.1) is 12.8 Å². The number of aliphatic hydroxyl groups is 1. The predicted octanol–water partition coefficient (Wildman–Crippen LogP) is 0.349. The van der Waals surface area contributed by atoms with Crippen LogP contribution in [0.1, 0.15) is 41.1 Å². The quantitative estimate of drug-likeness (QED) is 0.702. The average molecular weight is 359 g/mol. The lowest BCUT2D eigenvalue weighted by Gasteiger charge is -2.32. The minimum absolute atomic E-state index is 0.152. The van der Waals surface area contributed by atoms with Gasteiger partial charge in [-0.25, -0.2) is 4.63 Å². The van der Waals surface area contributed by atoms with E-state index < -0.39 is 12.1 Å². The maximum atomic E-state index is 12.3. The van der Waals surface area contributed by atoms with Gasteiger partial charge in [0.25, 0.3) is 5.91 Å². The van der Waals surface area contributed by atoms with Gasteiger partial charge in [0, 0.05) is 12.1 Å².